The van der Waals surface area contributed by atoms with Gasteiger partial charge in [-0.15, -0.1) is 0 Å². The van der Waals surface area contributed by atoms with Crippen LogP contribution in [0.2, 0.25) is 0 Å². The Morgan fingerprint density at radius 2 is 2.05 bits per heavy atom. The lowest BCUT2D eigenvalue weighted by atomic mass is 9.98. The number of halogens is 1. The molecule has 19 heavy (non-hydrogen) atoms. The number of hydrogen-bond donors (Lipinski definition) is 1. The van der Waals surface area contributed by atoms with E-state index in [1.54, 1.807) is 12.4 Å². The van der Waals surface area contributed by atoms with Crippen LogP contribution in [0.3, 0.4) is 0 Å². The van der Waals surface area contributed by atoms with E-state index in [1.807, 2.05) is 6.07 Å². The van der Waals surface area contributed by atoms with Crippen molar-refractivity contribution >= 4 is 27.9 Å². The Morgan fingerprint density at radius 3 is 2.74 bits per heavy atom. The van der Waals surface area contributed by atoms with Crippen LogP contribution in [0.1, 0.15) is 31.2 Å². The highest BCUT2D eigenvalue weighted by molar-refractivity contribution is 9.10. The largest absolute Gasteiger partial charge is 0.325 e. The maximum Gasteiger partial charge on any atom is 0.325 e. The molecule has 1 aliphatic carbocycles. The molecule has 0 aromatic carbocycles. The molecule has 6 heteroatoms. The summed E-state index contributed by atoms with van der Waals surface area (Å²) in [6.07, 6.45) is 6.85. The molecule has 1 spiro atoms. The fraction of sp³-hybridized carbons (Fsp3) is 0.462. The van der Waals surface area contributed by atoms with Crippen molar-refractivity contribution in [2.24, 2.45) is 0 Å². The Hall–Kier alpha value is -1.43. The molecule has 1 saturated heterocycles. The van der Waals surface area contributed by atoms with Crippen LogP contribution in [0.25, 0.3) is 0 Å². The lowest BCUT2D eigenvalue weighted by molar-refractivity contribution is -0.131. The number of carbonyl (C=O) groups excluding carboxylic acids is 2. The molecule has 2 heterocycles. The summed E-state index contributed by atoms with van der Waals surface area (Å²) in [5.41, 5.74) is 0.212. The van der Waals surface area contributed by atoms with Crippen LogP contribution in [0.4, 0.5) is 4.79 Å². The van der Waals surface area contributed by atoms with Crippen LogP contribution >= 0.6 is 15.9 Å². The number of pyridine rings is 1. The zero-order valence-corrected chi connectivity index (χ0v) is 11.9. The van der Waals surface area contributed by atoms with Gasteiger partial charge >= 0.3 is 6.03 Å². The number of nitrogens with one attached hydrogen (secondary N) is 1. The van der Waals surface area contributed by atoms with E-state index in [2.05, 4.69) is 26.2 Å². The normalized spacial score (nSPS) is 21.2. The van der Waals surface area contributed by atoms with E-state index in [-0.39, 0.29) is 18.5 Å². The smallest absolute Gasteiger partial charge is 0.323 e. The van der Waals surface area contributed by atoms with Gasteiger partial charge < -0.3 is 5.32 Å². The van der Waals surface area contributed by atoms with E-state index in [0.29, 0.717) is 0 Å². The summed E-state index contributed by atoms with van der Waals surface area (Å²) < 4.78 is 0.840. The molecule has 3 rings (SSSR count). The van der Waals surface area contributed by atoms with Crippen molar-refractivity contribution in [1.82, 2.24) is 15.2 Å². The SMILES string of the molecule is O=C1NC2(CCCC2)C(=O)N1Cc1cncc(Br)c1. The van der Waals surface area contributed by atoms with Crippen molar-refractivity contribution in [3.8, 4) is 0 Å². The molecule has 0 unspecified atom stereocenters. The van der Waals surface area contributed by atoms with Crippen molar-refractivity contribution < 1.29 is 9.59 Å². The van der Waals surface area contributed by atoms with Crippen LogP contribution in [-0.2, 0) is 11.3 Å². The van der Waals surface area contributed by atoms with Gasteiger partial charge in [-0.05, 0) is 40.4 Å². The van der Waals surface area contributed by atoms with Crippen LogP contribution in [0.5, 0.6) is 0 Å². The summed E-state index contributed by atoms with van der Waals surface area (Å²) >= 11 is 3.34. The van der Waals surface area contributed by atoms with Gasteiger partial charge in [0.2, 0.25) is 0 Å². The number of rotatable bonds is 2. The monoisotopic (exact) mass is 323 g/mol. The van der Waals surface area contributed by atoms with Gasteiger partial charge in [0.05, 0.1) is 6.54 Å². The number of hydrogen-bond acceptors (Lipinski definition) is 3. The van der Waals surface area contributed by atoms with Gasteiger partial charge in [-0.2, -0.15) is 0 Å². The summed E-state index contributed by atoms with van der Waals surface area (Å²) in [5, 5.41) is 2.87. The Bertz CT molecular complexity index is 540. The second kappa shape index (κ2) is 4.59. The summed E-state index contributed by atoms with van der Waals surface area (Å²) in [4.78, 5) is 29.8. The van der Waals surface area contributed by atoms with Crippen LogP contribution in [0.15, 0.2) is 22.9 Å². The molecule has 1 saturated carbocycles. The van der Waals surface area contributed by atoms with E-state index in [4.69, 9.17) is 0 Å². The molecule has 0 bridgehead atoms. The fourth-order valence-electron chi connectivity index (χ4n) is 2.86. The van der Waals surface area contributed by atoms with Gasteiger partial charge in [0.25, 0.3) is 5.91 Å². The maximum atomic E-state index is 12.4. The van der Waals surface area contributed by atoms with E-state index in [0.717, 1.165) is 35.7 Å². The first kappa shape index (κ1) is 12.6. The van der Waals surface area contributed by atoms with Gasteiger partial charge in [0, 0.05) is 16.9 Å². The van der Waals surface area contributed by atoms with Gasteiger partial charge in [-0.3, -0.25) is 14.7 Å². The average Bonchev–Trinajstić information content (AvgIpc) is 2.92. The van der Waals surface area contributed by atoms with Crippen molar-refractivity contribution in [2.75, 3.05) is 0 Å². The third-order valence-electron chi connectivity index (χ3n) is 3.81. The molecule has 2 fully saturated rings. The first-order valence-corrected chi connectivity index (χ1v) is 7.14. The predicted octanol–water partition coefficient (Wildman–Crippen LogP) is 2.21. The van der Waals surface area contributed by atoms with Gasteiger partial charge in [0.1, 0.15) is 5.54 Å². The highest BCUT2D eigenvalue weighted by Crippen LogP contribution is 2.35. The summed E-state index contributed by atoms with van der Waals surface area (Å²) in [6.45, 7) is 0.277. The zero-order valence-electron chi connectivity index (χ0n) is 10.4. The molecule has 1 aromatic rings. The number of urea groups is 1. The lowest BCUT2D eigenvalue weighted by Crippen LogP contribution is -2.44. The molecular formula is C13H14BrN3O2. The minimum atomic E-state index is -0.628. The Balaban J connectivity index is 1.82. The van der Waals surface area contributed by atoms with Crippen molar-refractivity contribution in [1.29, 1.82) is 0 Å². The lowest BCUT2D eigenvalue weighted by Gasteiger charge is -2.20. The summed E-state index contributed by atoms with van der Waals surface area (Å²) in [5.74, 6) is -0.0880. The van der Waals surface area contributed by atoms with Gasteiger partial charge in [0.15, 0.2) is 0 Å². The highest BCUT2D eigenvalue weighted by Gasteiger charge is 2.52. The van der Waals surface area contributed by atoms with Crippen LogP contribution < -0.4 is 5.32 Å². The quantitative estimate of drug-likeness (QED) is 0.849. The molecule has 1 aromatic heterocycles. The van der Waals surface area contributed by atoms with Gasteiger partial charge in [-0.1, -0.05) is 12.8 Å². The van der Waals surface area contributed by atoms with E-state index in [1.165, 1.54) is 4.90 Å². The molecule has 1 aliphatic heterocycles. The summed E-state index contributed by atoms with van der Waals surface area (Å²) in [6, 6.07) is 1.58. The Kier molecular flexibility index (Phi) is 3.05. The molecular weight excluding hydrogens is 310 g/mol. The molecule has 100 valence electrons. The molecule has 0 atom stereocenters. The number of nitrogens with zero attached hydrogens (tertiary/aromatic N) is 2. The van der Waals surface area contributed by atoms with E-state index < -0.39 is 5.54 Å². The Labute approximate surface area is 119 Å². The summed E-state index contributed by atoms with van der Waals surface area (Å²) in [7, 11) is 0. The number of aromatic nitrogens is 1. The highest BCUT2D eigenvalue weighted by atomic mass is 79.9. The fourth-order valence-corrected chi connectivity index (χ4v) is 3.27. The van der Waals surface area contributed by atoms with E-state index >= 15 is 0 Å². The van der Waals surface area contributed by atoms with Crippen molar-refractivity contribution in [3.63, 3.8) is 0 Å². The second-order valence-electron chi connectivity index (χ2n) is 5.12. The Morgan fingerprint density at radius 1 is 1.32 bits per heavy atom. The van der Waals surface area contributed by atoms with Crippen LogP contribution in [-0.4, -0.2) is 27.4 Å². The average molecular weight is 324 g/mol. The third-order valence-corrected chi connectivity index (χ3v) is 4.24. The standard InChI is InChI=1S/C13H14BrN3O2/c14-10-5-9(6-15-7-10)8-17-11(18)13(16-12(17)19)3-1-2-4-13/h5-7H,1-4,8H2,(H,16,19). The van der Waals surface area contributed by atoms with Gasteiger partial charge in [-0.25, -0.2) is 4.79 Å². The zero-order chi connectivity index (χ0) is 13.5. The molecule has 5 nitrogen and oxygen atoms in total. The maximum absolute atomic E-state index is 12.4. The molecule has 3 amide bonds. The molecule has 0 radical (unpaired) electrons. The minimum absolute atomic E-state index is 0.0880. The van der Waals surface area contributed by atoms with Crippen molar-refractivity contribution in [2.45, 2.75) is 37.8 Å². The number of carbonyl (C=O) groups is 2. The second-order valence-corrected chi connectivity index (χ2v) is 6.04. The number of imide groups is 1. The van der Waals surface area contributed by atoms with Crippen LogP contribution in [0, 0.1) is 0 Å². The molecule has 2 aliphatic rings. The minimum Gasteiger partial charge on any atom is -0.323 e. The first-order valence-electron chi connectivity index (χ1n) is 6.34. The molecule has 1 N–H and O–H groups in total. The van der Waals surface area contributed by atoms with Crippen molar-refractivity contribution in [3.05, 3.63) is 28.5 Å². The first-order chi connectivity index (χ1) is 9.11. The third kappa shape index (κ3) is 2.14. The topological polar surface area (TPSA) is 62.3 Å². The number of amides is 3. The van der Waals surface area contributed by atoms with E-state index in [9.17, 15) is 9.59 Å². The predicted molar refractivity (Wildman–Crippen MR) is 72.2 cm³/mol.